The Kier molecular flexibility index (Phi) is 4.70. The molecule has 0 radical (unpaired) electrons. The number of carbonyl (C=O) groups excluding carboxylic acids is 1. The first kappa shape index (κ1) is 18.3. The van der Waals surface area contributed by atoms with E-state index in [1.54, 1.807) is 0 Å². The number of fused-ring (bicyclic) bond motifs is 1. The van der Waals surface area contributed by atoms with Gasteiger partial charge in [-0.05, 0) is 41.6 Å². The molecule has 0 aliphatic carbocycles. The van der Waals surface area contributed by atoms with Gasteiger partial charge in [0.05, 0.1) is 18.3 Å². The molecule has 2 aromatic heterocycles. The fourth-order valence-electron chi connectivity index (χ4n) is 3.52. The summed E-state index contributed by atoms with van der Waals surface area (Å²) in [6, 6.07) is 10.2. The third-order valence-corrected chi connectivity index (χ3v) is 4.94. The van der Waals surface area contributed by atoms with Gasteiger partial charge in [0.1, 0.15) is 5.69 Å². The van der Waals surface area contributed by atoms with Crippen LogP contribution in [-0.2, 0) is 17.4 Å². The average Bonchev–Trinajstić information content (AvgIpc) is 3.30. The standard InChI is InChI=1S/C20H19F3N4O/c21-20(22,23)18-4-3-16(11-25-18)27-8-6-15(12-27)26-19(28)10-13-1-2-14-5-7-24-17(14)9-13/h1-5,7,9,11,15,24H,6,8,10,12H2,(H,26,28)/t15-/m1/s1. The number of anilines is 1. The van der Waals surface area contributed by atoms with E-state index in [0.717, 1.165) is 29.0 Å². The third-order valence-electron chi connectivity index (χ3n) is 4.94. The molecule has 3 heterocycles. The molecule has 28 heavy (non-hydrogen) atoms. The fourth-order valence-corrected chi connectivity index (χ4v) is 3.52. The highest BCUT2D eigenvalue weighted by Gasteiger charge is 2.32. The Balaban J connectivity index is 1.33. The van der Waals surface area contributed by atoms with Crippen LogP contribution in [0.25, 0.3) is 10.9 Å². The molecule has 1 aliphatic heterocycles. The van der Waals surface area contributed by atoms with E-state index in [-0.39, 0.29) is 18.4 Å². The number of H-pyrrole nitrogens is 1. The van der Waals surface area contributed by atoms with Gasteiger partial charge in [-0.15, -0.1) is 0 Å². The van der Waals surface area contributed by atoms with Crippen molar-refractivity contribution in [1.82, 2.24) is 15.3 Å². The van der Waals surface area contributed by atoms with E-state index >= 15 is 0 Å². The van der Waals surface area contributed by atoms with Crippen LogP contribution in [0.1, 0.15) is 17.7 Å². The number of nitrogens with one attached hydrogen (secondary N) is 2. The van der Waals surface area contributed by atoms with Crippen molar-refractivity contribution in [3.8, 4) is 0 Å². The summed E-state index contributed by atoms with van der Waals surface area (Å²) in [5, 5.41) is 4.11. The van der Waals surface area contributed by atoms with Crippen LogP contribution in [0.5, 0.6) is 0 Å². The van der Waals surface area contributed by atoms with Crippen LogP contribution in [0, 0.1) is 0 Å². The molecule has 1 saturated heterocycles. The predicted octanol–water partition coefficient (Wildman–Crippen LogP) is 3.52. The number of alkyl halides is 3. The lowest BCUT2D eigenvalue weighted by molar-refractivity contribution is -0.141. The molecule has 0 bridgehead atoms. The molecule has 1 atom stereocenters. The van der Waals surface area contributed by atoms with Crippen LogP contribution in [0.4, 0.5) is 18.9 Å². The maximum absolute atomic E-state index is 12.6. The topological polar surface area (TPSA) is 61.0 Å². The quantitative estimate of drug-likeness (QED) is 0.719. The van der Waals surface area contributed by atoms with Crippen LogP contribution >= 0.6 is 0 Å². The summed E-state index contributed by atoms with van der Waals surface area (Å²) in [7, 11) is 0. The van der Waals surface area contributed by atoms with Gasteiger partial charge in [0.25, 0.3) is 0 Å². The smallest absolute Gasteiger partial charge is 0.368 e. The Morgan fingerprint density at radius 3 is 2.86 bits per heavy atom. The molecular formula is C20H19F3N4O. The summed E-state index contributed by atoms with van der Waals surface area (Å²) in [5.41, 5.74) is 1.64. The Morgan fingerprint density at radius 2 is 2.11 bits per heavy atom. The van der Waals surface area contributed by atoms with Gasteiger partial charge < -0.3 is 15.2 Å². The minimum absolute atomic E-state index is 0.0380. The fraction of sp³-hybridized carbons (Fsp3) is 0.300. The predicted molar refractivity (Wildman–Crippen MR) is 100 cm³/mol. The van der Waals surface area contributed by atoms with Crippen molar-refractivity contribution in [3.05, 3.63) is 60.0 Å². The highest BCUT2D eigenvalue weighted by atomic mass is 19.4. The maximum Gasteiger partial charge on any atom is 0.433 e. The van der Waals surface area contributed by atoms with Crippen molar-refractivity contribution in [2.75, 3.05) is 18.0 Å². The number of halogens is 3. The zero-order valence-electron chi connectivity index (χ0n) is 15.0. The van der Waals surface area contributed by atoms with Crippen molar-refractivity contribution < 1.29 is 18.0 Å². The summed E-state index contributed by atoms with van der Waals surface area (Å²) in [6.45, 7) is 1.21. The number of pyridine rings is 1. The van der Waals surface area contributed by atoms with Crippen molar-refractivity contribution in [1.29, 1.82) is 0 Å². The van der Waals surface area contributed by atoms with Crippen molar-refractivity contribution >= 4 is 22.5 Å². The first-order valence-electron chi connectivity index (χ1n) is 9.02. The molecule has 2 N–H and O–H groups in total. The molecule has 146 valence electrons. The van der Waals surface area contributed by atoms with E-state index in [2.05, 4.69) is 15.3 Å². The van der Waals surface area contributed by atoms with Gasteiger partial charge in [0.2, 0.25) is 5.91 Å². The van der Waals surface area contributed by atoms with Crippen LogP contribution < -0.4 is 10.2 Å². The normalized spacial score (nSPS) is 17.2. The van der Waals surface area contributed by atoms with Crippen LogP contribution in [0.3, 0.4) is 0 Å². The largest absolute Gasteiger partial charge is 0.433 e. The molecule has 8 heteroatoms. The zero-order chi connectivity index (χ0) is 19.7. The molecule has 0 saturated carbocycles. The number of nitrogens with zero attached hydrogens (tertiary/aromatic N) is 2. The number of hydrogen-bond acceptors (Lipinski definition) is 3. The van der Waals surface area contributed by atoms with Gasteiger partial charge >= 0.3 is 6.18 Å². The van der Waals surface area contributed by atoms with Gasteiger partial charge in [-0.25, -0.2) is 4.98 Å². The van der Waals surface area contributed by atoms with Crippen LogP contribution in [0.15, 0.2) is 48.8 Å². The van der Waals surface area contributed by atoms with Crippen molar-refractivity contribution in [2.45, 2.75) is 25.1 Å². The number of hydrogen-bond donors (Lipinski definition) is 2. The molecular weight excluding hydrogens is 369 g/mol. The van der Waals surface area contributed by atoms with Crippen LogP contribution in [-0.4, -0.2) is 35.0 Å². The van der Waals surface area contributed by atoms with Crippen molar-refractivity contribution in [2.24, 2.45) is 0 Å². The Hall–Kier alpha value is -3.03. The number of rotatable bonds is 4. The first-order valence-corrected chi connectivity index (χ1v) is 9.02. The van der Waals surface area contributed by atoms with E-state index in [9.17, 15) is 18.0 Å². The second-order valence-corrected chi connectivity index (χ2v) is 6.97. The summed E-state index contributed by atoms with van der Waals surface area (Å²) in [6.07, 6.45) is -0.324. The SMILES string of the molecule is O=C(Cc1ccc2cc[nH]c2c1)N[C@@H]1CCN(c2ccc(C(F)(F)F)nc2)C1. The molecule has 1 aliphatic rings. The van der Waals surface area contributed by atoms with Gasteiger partial charge in [0, 0.05) is 30.8 Å². The second kappa shape index (κ2) is 7.18. The Labute approximate surface area is 159 Å². The van der Waals surface area contributed by atoms with E-state index in [0.29, 0.717) is 18.8 Å². The van der Waals surface area contributed by atoms with E-state index < -0.39 is 11.9 Å². The Morgan fingerprint density at radius 1 is 1.25 bits per heavy atom. The molecule has 4 rings (SSSR count). The van der Waals surface area contributed by atoms with E-state index in [4.69, 9.17) is 0 Å². The number of carbonyl (C=O) groups is 1. The molecule has 3 aromatic rings. The third kappa shape index (κ3) is 3.95. The molecule has 5 nitrogen and oxygen atoms in total. The number of amides is 1. The zero-order valence-corrected chi connectivity index (χ0v) is 15.0. The summed E-state index contributed by atoms with van der Waals surface area (Å²) >= 11 is 0. The van der Waals surface area contributed by atoms with Gasteiger partial charge in [-0.2, -0.15) is 13.2 Å². The average molecular weight is 388 g/mol. The molecule has 0 spiro atoms. The number of aromatic amines is 1. The number of benzene rings is 1. The highest BCUT2D eigenvalue weighted by molar-refractivity contribution is 5.83. The van der Waals surface area contributed by atoms with Crippen molar-refractivity contribution in [3.63, 3.8) is 0 Å². The first-order chi connectivity index (χ1) is 13.4. The van der Waals surface area contributed by atoms with Gasteiger partial charge in [0.15, 0.2) is 0 Å². The van der Waals surface area contributed by atoms with E-state index in [1.165, 1.54) is 12.3 Å². The van der Waals surface area contributed by atoms with Crippen LogP contribution in [0.2, 0.25) is 0 Å². The van der Waals surface area contributed by atoms with Gasteiger partial charge in [-0.1, -0.05) is 12.1 Å². The lowest BCUT2D eigenvalue weighted by Gasteiger charge is -2.19. The maximum atomic E-state index is 12.6. The number of aromatic nitrogens is 2. The Bertz CT molecular complexity index is 981. The molecule has 1 amide bonds. The lowest BCUT2D eigenvalue weighted by atomic mass is 10.1. The lowest BCUT2D eigenvalue weighted by Crippen LogP contribution is -2.38. The summed E-state index contributed by atoms with van der Waals surface area (Å²) < 4.78 is 37.9. The van der Waals surface area contributed by atoms with Gasteiger partial charge in [-0.3, -0.25) is 4.79 Å². The minimum atomic E-state index is -4.44. The highest BCUT2D eigenvalue weighted by Crippen LogP contribution is 2.29. The van der Waals surface area contributed by atoms with E-state index in [1.807, 2.05) is 35.4 Å². The molecule has 1 aromatic carbocycles. The minimum Gasteiger partial charge on any atom is -0.368 e. The second-order valence-electron chi connectivity index (χ2n) is 6.97. The molecule has 0 unspecified atom stereocenters. The monoisotopic (exact) mass is 388 g/mol. The summed E-state index contributed by atoms with van der Waals surface area (Å²) in [5.74, 6) is -0.0664. The molecule has 1 fully saturated rings. The summed E-state index contributed by atoms with van der Waals surface area (Å²) in [4.78, 5) is 20.9.